The highest BCUT2D eigenvalue weighted by Gasteiger charge is 2.69. The van der Waals surface area contributed by atoms with Crippen LogP contribution in [0, 0.1) is 40.4 Å². The molecule has 31 heavy (non-hydrogen) atoms. The highest BCUT2D eigenvalue weighted by molar-refractivity contribution is 5.28. The Hall–Kier alpha value is -0.680. The first-order chi connectivity index (χ1) is 14.7. The molecule has 4 aliphatic carbocycles. The Morgan fingerprint density at radius 3 is 2.68 bits per heavy atom. The van der Waals surface area contributed by atoms with Crippen molar-refractivity contribution >= 4 is 0 Å². The lowest BCUT2D eigenvalue weighted by molar-refractivity contribution is -0.255. The van der Waals surface area contributed by atoms with Crippen molar-refractivity contribution in [3.05, 3.63) is 23.8 Å². The van der Waals surface area contributed by atoms with Crippen LogP contribution < -0.4 is 0 Å². The molecule has 0 aromatic carbocycles. The minimum atomic E-state index is -0.428. The second-order valence-electron chi connectivity index (χ2n) is 12.3. The van der Waals surface area contributed by atoms with Crippen molar-refractivity contribution in [1.82, 2.24) is 0 Å². The molecule has 4 nitrogen and oxygen atoms in total. The van der Waals surface area contributed by atoms with E-state index < -0.39 is 11.9 Å². The summed E-state index contributed by atoms with van der Waals surface area (Å²) < 4.78 is 13.2. The highest BCUT2D eigenvalue weighted by atomic mass is 16.7. The van der Waals surface area contributed by atoms with Gasteiger partial charge in [-0.05, 0) is 67.6 Å². The zero-order chi connectivity index (χ0) is 21.8. The van der Waals surface area contributed by atoms with Crippen LogP contribution in [0.1, 0.15) is 72.1 Å². The van der Waals surface area contributed by atoms with E-state index in [0.717, 1.165) is 32.1 Å². The third-order valence-corrected chi connectivity index (χ3v) is 11.2. The van der Waals surface area contributed by atoms with E-state index in [1.54, 1.807) is 0 Å². The highest BCUT2D eigenvalue weighted by Crippen LogP contribution is 2.70. The number of ether oxygens (including phenoxy) is 2. The normalized spacial score (nSPS) is 58.4. The van der Waals surface area contributed by atoms with Gasteiger partial charge in [0.1, 0.15) is 0 Å². The first-order valence-electron chi connectivity index (χ1n) is 12.7. The average Bonchev–Trinajstić information content (AvgIpc) is 3.16. The standard InChI is InChI=1S/C27H40O4/c1-15-7-10-27(30-14-15)16(2)24-22(31-27)13-21-19-6-5-17-11-18(28)12-23(29)26(17,4)20(19)8-9-25(21,24)3/h5,16,18-24,28-29H,1,6-14H2,2-4H3/t16-,18-,19+,20+,21+,22-,23+,24-,25-,26-,27+/m0/s1. The summed E-state index contributed by atoms with van der Waals surface area (Å²) in [6, 6.07) is 0. The molecule has 0 amide bonds. The Morgan fingerprint density at radius 2 is 1.94 bits per heavy atom. The van der Waals surface area contributed by atoms with Gasteiger partial charge in [0.15, 0.2) is 5.79 Å². The maximum absolute atomic E-state index is 11.1. The fourth-order valence-corrected chi connectivity index (χ4v) is 9.55. The third-order valence-electron chi connectivity index (χ3n) is 11.2. The molecule has 2 N–H and O–H groups in total. The van der Waals surface area contributed by atoms with Crippen LogP contribution in [0.3, 0.4) is 0 Å². The summed E-state index contributed by atoms with van der Waals surface area (Å²) in [5, 5.41) is 21.4. The van der Waals surface area contributed by atoms with Crippen LogP contribution in [-0.4, -0.2) is 40.9 Å². The van der Waals surface area contributed by atoms with E-state index in [1.165, 1.54) is 24.0 Å². The molecule has 0 bridgehead atoms. The van der Waals surface area contributed by atoms with Crippen molar-refractivity contribution in [3.8, 4) is 0 Å². The Bertz CT molecular complexity index is 808. The van der Waals surface area contributed by atoms with E-state index in [2.05, 4.69) is 33.4 Å². The summed E-state index contributed by atoms with van der Waals surface area (Å²) in [7, 11) is 0. The molecule has 4 heteroatoms. The minimum Gasteiger partial charge on any atom is -0.393 e. The molecular formula is C27H40O4. The predicted molar refractivity (Wildman–Crippen MR) is 119 cm³/mol. The molecule has 172 valence electrons. The second-order valence-corrected chi connectivity index (χ2v) is 12.3. The fourth-order valence-electron chi connectivity index (χ4n) is 9.55. The first-order valence-corrected chi connectivity index (χ1v) is 12.7. The van der Waals surface area contributed by atoms with Crippen molar-refractivity contribution < 1.29 is 19.7 Å². The van der Waals surface area contributed by atoms with Crippen LogP contribution in [-0.2, 0) is 9.47 Å². The van der Waals surface area contributed by atoms with Gasteiger partial charge in [-0.15, -0.1) is 0 Å². The predicted octanol–water partition coefficient (Wildman–Crippen LogP) is 4.60. The fraction of sp³-hybridized carbons (Fsp3) is 0.852. The van der Waals surface area contributed by atoms with Gasteiger partial charge < -0.3 is 19.7 Å². The van der Waals surface area contributed by atoms with Gasteiger partial charge >= 0.3 is 0 Å². The van der Waals surface area contributed by atoms with Crippen molar-refractivity contribution in [3.63, 3.8) is 0 Å². The van der Waals surface area contributed by atoms with Crippen molar-refractivity contribution in [1.29, 1.82) is 0 Å². The molecule has 2 saturated heterocycles. The van der Waals surface area contributed by atoms with E-state index in [0.29, 0.717) is 48.7 Å². The molecule has 1 spiro atoms. The maximum Gasteiger partial charge on any atom is 0.172 e. The molecule has 0 unspecified atom stereocenters. The van der Waals surface area contributed by atoms with Gasteiger partial charge in [0.2, 0.25) is 0 Å². The van der Waals surface area contributed by atoms with E-state index in [-0.39, 0.29) is 16.9 Å². The van der Waals surface area contributed by atoms with E-state index >= 15 is 0 Å². The van der Waals surface area contributed by atoms with Crippen LogP contribution in [0.4, 0.5) is 0 Å². The number of hydrogen-bond donors (Lipinski definition) is 2. The zero-order valence-electron chi connectivity index (χ0n) is 19.5. The lowest BCUT2D eigenvalue weighted by Crippen LogP contribution is -2.56. The smallest absolute Gasteiger partial charge is 0.172 e. The van der Waals surface area contributed by atoms with Crippen LogP contribution in [0.25, 0.3) is 0 Å². The molecule has 6 rings (SSSR count). The second kappa shape index (κ2) is 6.68. The van der Waals surface area contributed by atoms with E-state index in [9.17, 15) is 10.2 Å². The number of hydrogen-bond acceptors (Lipinski definition) is 4. The monoisotopic (exact) mass is 428 g/mol. The van der Waals surface area contributed by atoms with Gasteiger partial charge in [0.05, 0.1) is 24.9 Å². The molecule has 3 saturated carbocycles. The van der Waals surface area contributed by atoms with Crippen molar-refractivity contribution in [2.24, 2.45) is 40.4 Å². The van der Waals surface area contributed by atoms with Crippen LogP contribution >= 0.6 is 0 Å². The Morgan fingerprint density at radius 1 is 1.13 bits per heavy atom. The molecular weight excluding hydrogens is 388 g/mol. The molecule has 0 aromatic heterocycles. The Balaban J connectivity index is 1.30. The lowest BCUT2D eigenvalue weighted by Gasteiger charge is -2.59. The summed E-state index contributed by atoms with van der Waals surface area (Å²) in [6.45, 7) is 12.0. The van der Waals surface area contributed by atoms with Crippen molar-refractivity contribution in [2.45, 2.75) is 96.2 Å². The average molecular weight is 429 g/mol. The summed E-state index contributed by atoms with van der Waals surface area (Å²) >= 11 is 0. The number of allylic oxidation sites excluding steroid dienone is 1. The lowest BCUT2D eigenvalue weighted by atomic mass is 9.46. The van der Waals surface area contributed by atoms with Gasteiger partial charge in [0, 0.05) is 24.2 Å². The van der Waals surface area contributed by atoms with Gasteiger partial charge in [-0.2, -0.15) is 0 Å². The topological polar surface area (TPSA) is 58.9 Å². The van der Waals surface area contributed by atoms with Crippen molar-refractivity contribution in [2.75, 3.05) is 6.61 Å². The number of aliphatic hydroxyl groups excluding tert-OH is 2. The Labute approximate surface area is 187 Å². The quantitative estimate of drug-likeness (QED) is 0.554. The zero-order valence-corrected chi connectivity index (χ0v) is 19.5. The molecule has 0 radical (unpaired) electrons. The molecule has 6 aliphatic rings. The molecule has 2 aliphatic heterocycles. The summed E-state index contributed by atoms with van der Waals surface area (Å²) in [5.74, 6) is 2.35. The van der Waals surface area contributed by atoms with Gasteiger partial charge in [-0.1, -0.05) is 44.6 Å². The SMILES string of the molecule is C=C1CC[C@@]2(OC1)O[C@H]1C[C@@H]3[C@@H]4CC=C5C[C@H](O)C[C@@H](O)[C@]5(C)[C@@H]4CC[C@]3(C)[C@H]1[C@@H]2C. The van der Waals surface area contributed by atoms with Gasteiger partial charge in [-0.25, -0.2) is 0 Å². The summed E-state index contributed by atoms with van der Waals surface area (Å²) in [6.07, 6.45) is 9.75. The van der Waals surface area contributed by atoms with Gasteiger partial charge in [-0.3, -0.25) is 0 Å². The van der Waals surface area contributed by atoms with E-state index in [1.807, 2.05) is 0 Å². The van der Waals surface area contributed by atoms with E-state index in [4.69, 9.17) is 9.47 Å². The molecule has 0 aromatic rings. The third kappa shape index (κ3) is 2.62. The number of rotatable bonds is 0. The van der Waals surface area contributed by atoms with Crippen LogP contribution in [0.2, 0.25) is 0 Å². The van der Waals surface area contributed by atoms with Crippen LogP contribution in [0.15, 0.2) is 23.8 Å². The first kappa shape index (κ1) is 20.9. The number of aliphatic hydroxyl groups is 2. The van der Waals surface area contributed by atoms with Crippen LogP contribution in [0.5, 0.6) is 0 Å². The summed E-state index contributed by atoms with van der Waals surface area (Å²) in [5.41, 5.74) is 2.63. The van der Waals surface area contributed by atoms with Gasteiger partial charge in [0.25, 0.3) is 0 Å². The largest absolute Gasteiger partial charge is 0.393 e. The summed E-state index contributed by atoms with van der Waals surface area (Å²) in [4.78, 5) is 0. The number of fused-ring (bicyclic) bond motifs is 7. The molecule has 11 atom stereocenters. The molecule has 2 heterocycles. The minimum absolute atomic E-state index is 0.165. The molecule has 5 fully saturated rings. The maximum atomic E-state index is 11.1. The Kier molecular flexibility index (Phi) is 4.50.